The van der Waals surface area contributed by atoms with Crippen molar-refractivity contribution in [3.63, 3.8) is 0 Å². The van der Waals surface area contributed by atoms with Gasteiger partial charge in [-0.3, -0.25) is 14.4 Å². The average Bonchev–Trinajstić information content (AvgIpc) is 3.07. The third-order valence-electron chi connectivity index (χ3n) is 3.24. The third-order valence-corrected chi connectivity index (χ3v) is 3.24. The molecule has 0 aliphatic heterocycles. The maximum atomic E-state index is 11.8. The van der Waals surface area contributed by atoms with E-state index in [9.17, 15) is 14.4 Å². The van der Waals surface area contributed by atoms with Gasteiger partial charge in [0.1, 0.15) is 6.04 Å². The Labute approximate surface area is 139 Å². The Morgan fingerprint density at radius 3 is 2.42 bits per heavy atom. The summed E-state index contributed by atoms with van der Waals surface area (Å²) in [6.45, 7) is 3.30. The van der Waals surface area contributed by atoms with Crippen molar-refractivity contribution >= 4 is 23.4 Å². The van der Waals surface area contributed by atoms with E-state index < -0.39 is 6.04 Å². The van der Waals surface area contributed by atoms with Crippen molar-refractivity contribution in [1.82, 2.24) is 10.6 Å². The highest BCUT2D eigenvalue weighted by Gasteiger charge is 2.13. The van der Waals surface area contributed by atoms with Crippen LogP contribution < -0.4 is 16.0 Å². The topological polar surface area (TPSA) is 100 Å². The zero-order chi connectivity index (χ0) is 17.5. The summed E-state index contributed by atoms with van der Waals surface area (Å²) in [5, 5.41) is 7.95. The zero-order valence-electron chi connectivity index (χ0n) is 13.5. The summed E-state index contributed by atoms with van der Waals surface area (Å²) < 4.78 is 5.02. The molecule has 0 bridgehead atoms. The van der Waals surface area contributed by atoms with Crippen LogP contribution >= 0.6 is 0 Å². The number of hydrogen-bond acceptors (Lipinski definition) is 4. The Balaban J connectivity index is 1.85. The van der Waals surface area contributed by atoms with Crippen LogP contribution in [0.1, 0.15) is 30.0 Å². The van der Waals surface area contributed by atoms with Gasteiger partial charge in [0.2, 0.25) is 11.8 Å². The predicted octanol–water partition coefficient (Wildman–Crippen LogP) is 1.67. The molecule has 0 radical (unpaired) electrons. The van der Waals surface area contributed by atoms with Gasteiger partial charge >= 0.3 is 0 Å². The van der Waals surface area contributed by atoms with E-state index in [1.807, 2.05) is 0 Å². The van der Waals surface area contributed by atoms with E-state index in [0.717, 1.165) is 5.56 Å². The summed E-state index contributed by atoms with van der Waals surface area (Å²) in [4.78, 5) is 34.6. The van der Waals surface area contributed by atoms with E-state index in [2.05, 4.69) is 16.0 Å². The van der Waals surface area contributed by atoms with Crippen LogP contribution in [0.15, 0.2) is 47.1 Å². The molecule has 0 aliphatic rings. The van der Waals surface area contributed by atoms with Crippen molar-refractivity contribution in [1.29, 1.82) is 0 Å². The highest BCUT2D eigenvalue weighted by Crippen LogP contribution is 2.11. The van der Waals surface area contributed by atoms with Gasteiger partial charge in [0.25, 0.3) is 5.91 Å². The Bertz CT molecular complexity index is 708. The van der Waals surface area contributed by atoms with Crippen molar-refractivity contribution in [3.8, 4) is 0 Å². The maximum Gasteiger partial charge on any atom is 0.291 e. The molecule has 2 aromatic rings. The minimum absolute atomic E-state index is 0.235. The second-order valence-corrected chi connectivity index (χ2v) is 5.27. The molecule has 1 aromatic carbocycles. The molecule has 2 rings (SSSR count). The average molecular weight is 329 g/mol. The minimum Gasteiger partial charge on any atom is -0.459 e. The van der Waals surface area contributed by atoms with Crippen molar-refractivity contribution in [2.45, 2.75) is 26.4 Å². The second kappa shape index (κ2) is 7.96. The Hall–Kier alpha value is -3.09. The summed E-state index contributed by atoms with van der Waals surface area (Å²) in [6.07, 6.45) is 1.43. The van der Waals surface area contributed by atoms with E-state index >= 15 is 0 Å². The number of benzene rings is 1. The van der Waals surface area contributed by atoms with Crippen molar-refractivity contribution < 1.29 is 18.8 Å². The monoisotopic (exact) mass is 329 g/mol. The van der Waals surface area contributed by atoms with Crippen molar-refractivity contribution in [2.75, 3.05) is 5.32 Å². The fraction of sp³-hybridized carbons (Fsp3) is 0.235. The van der Waals surface area contributed by atoms with Gasteiger partial charge in [-0.15, -0.1) is 0 Å². The fourth-order valence-corrected chi connectivity index (χ4v) is 2.02. The minimum atomic E-state index is -0.589. The molecule has 1 heterocycles. The number of carbonyl (C=O) groups excluding carboxylic acids is 3. The molecule has 0 saturated carbocycles. The third kappa shape index (κ3) is 4.98. The highest BCUT2D eigenvalue weighted by molar-refractivity contribution is 6.02. The van der Waals surface area contributed by atoms with Crippen LogP contribution in [0.3, 0.4) is 0 Å². The van der Waals surface area contributed by atoms with Crippen LogP contribution in [-0.2, 0) is 16.1 Å². The molecule has 0 fully saturated rings. The summed E-state index contributed by atoms with van der Waals surface area (Å²) in [5.74, 6) is -0.613. The first-order chi connectivity index (χ1) is 11.5. The Kier molecular flexibility index (Phi) is 5.73. The Morgan fingerprint density at radius 2 is 1.83 bits per heavy atom. The van der Waals surface area contributed by atoms with E-state index in [0.29, 0.717) is 12.2 Å². The van der Waals surface area contributed by atoms with Crippen LogP contribution in [0.4, 0.5) is 5.69 Å². The first-order valence-corrected chi connectivity index (χ1v) is 7.44. The zero-order valence-corrected chi connectivity index (χ0v) is 13.5. The molecule has 1 aromatic heterocycles. The van der Waals surface area contributed by atoms with Crippen LogP contribution in [0.5, 0.6) is 0 Å². The summed E-state index contributed by atoms with van der Waals surface area (Å²) in [6, 6.07) is 9.69. The number of carbonyl (C=O) groups is 3. The molecule has 3 amide bonds. The van der Waals surface area contributed by atoms with E-state index in [4.69, 9.17) is 4.42 Å². The smallest absolute Gasteiger partial charge is 0.291 e. The SMILES string of the molecule is CC(=O)N[C@H](C)C(=O)NCc1ccc(NC(=O)c2ccco2)cc1. The van der Waals surface area contributed by atoms with Crippen LogP contribution in [-0.4, -0.2) is 23.8 Å². The van der Waals surface area contributed by atoms with Crippen molar-refractivity contribution in [2.24, 2.45) is 0 Å². The maximum absolute atomic E-state index is 11.8. The number of anilines is 1. The molecule has 24 heavy (non-hydrogen) atoms. The molecule has 126 valence electrons. The quantitative estimate of drug-likeness (QED) is 0.750. The Morgan fingerprint density at radius 1 is 1.12 bits per heavy atom. The van der Waals surface area contributed by atoms with Gasteiger partial charge in [-0.25, -0.2) is 0 Å². The summed E-state index contributed by atoms with van der Waals surface area (Å²) in [5.41, 5.74) is 1.49. The lowest BCUT2D eigenvalue weighted by atomic mass is 10.2. The first-order valence-electron chi connectivity index (χ1n) is 7.44. The van der Waals surface area contributed by atoms with Gasteiger partial charge in [-0.1, -0.05) is 12.1 Å². The van der Waals surface area contributed by atoms with Crippen molar-refractivity contribution in [3.05, 3.63) is 54.0 Å². The summed E-state index contributed by atoms with van der Waals surface area (Å²) >= 11 is 0. The van der Waals surface area contributed by atoms with Crippen LogP contribution in [0, 0.1) is 0 Å². The fourth-order valence-electron chi connectivity index (χ4n) is 2.02. The standard InChI is InChI=1S/C17H19N3O4/c1-11(19-12(2)21)16(22)18-10-13-5-7-14(8-6-13)20-17(23)15-4-3-9-24-15/h3-9,11H,10H2,1-2H3,(H,18,22)(H,19,21)(H,20,23)/t11-/m1/s1. The molecular formula is C17H19N3O4. The molecule has 7 nitrogen and oxygen atoms in total. The van der Waals surface area contributed by atoms with Gasteiger partial charge in [0.15, 0.2) is 5.76 Å². The molecule has 1 atom stereocenters. The lowest BCUT2D eigenvalue weighted by Crippen LogP contribution is -2.43. The number of nitrogens with one attached hydrogen (secondary N) is 3. The second-order valence-electron chi connectivity index (χ2n) is 5.27. The van der Waals surface area contributed by atoms with Crippen LogP contribution in [0.25, 0.3) is 0 Å². The van der Waals surface area contributed by atoms with Gasteiger partial charge in [-0.05, 0) is 36.8 Å². The lowest BCUT2D eigenvalue weighted by Gasteiger charge is -2.13. The van der Waals surface area contributed by atoms with Gasteiger partial charge in [-0.2, -0.15) is 0 Å². The molecular weight excluding hydrogens is 310 g/mol. The van der Waals surface area contributed by atoms with Gasteiger partial charge in [0, 0.05) is 19.2 Å². The number of amides is 3. The van der Waals surface area contributed by atoms with E-state index in [1.54, 1.807) is 43.3 Å². The molecule has 3 N–H and O–H groups in total. The highest BCUT2D eigenvalue weighted by atomic mass is 16.3. The number of furan rings is 1. The number of rotatable bonds is 6. The molecule has 0 aliphatic carbocycles. The summed E-state index contributed by atoms with van der Waals surface area (Å²) in [7, 11) is 0. The lowest BCUT2D eigenvalue weighted by molar-refractivity contribution is -0.127. The van der Waals surface area contributed by atoms with Gasteiger partial charge < -0.3 is 20.4 Å². The first kappa shape index (κ1) is 17.3. The largest absolute Gasteiger partial charge is 0.459 e. The van der Waals surface area contributed by atoms with E-state index in [1.165, 1.54) is 13.2 Å². The van der Waals surface area contributed by atoms with Gasteiger partial charge in [0.05, 0.1) is 6.26 Å². The molecule has 0 spiro atoms. The van der Waals surface area contributed by atoms with Crippen LogP contribution in [0.2, 0.25) is 0 Å². The normalized spacial score (nSPS) is 11.4. The molecule has 0 saturated heterocycles. The number of hydrogen-bond donors (Lipinski definition) is 3. The molecule has 0 unspecified atom stereocenters. The van der Waals surface area contributed by atoms with E-state index in [-0.39, 0.29) is 23.5 Å². The molecule has 7 heteroatoms. The predicted molar refractivity (Wildman–Crippen MR) is 88.2 cm³/mol.